The number of nitrogens with two attached hydrogens (primary N) is 1. The van der Waals surface area contributed by atoms with Crippen molar-refractivity contribution in [2.75, 3.05) is 6.54 Å². The zero-order chi connectivity index (χ0) is 9.84. The average molecular weight is 178 g/mol. The monoisotopic (exact) mass is 178 g/mol. The molecule has 3 heteroatoms. The molecule has 0 radical (unpaired) electrons. The van der Waals surface area contributed by atoms with E-state index in [1.165, 1.54) is 0 Å². The number of Topliss-reactive ketones (excluding diaryl/α,β-unsaturated/α-hetero) is 1. The van der Waals surface area contributed by atoms with Crippen LogP contribution in [0.2, 0.25) is 0 Å². The Kier molecular flexibility index (Phi) is 3.14. The van der Waals surface area contributed by atoms with Gasteiger partial charge in [-0.05, 0) is 32.0 Å². The van der Waals surface area contributed by atoms with E-state index in [1.807, 2.05) is 19.9 Å². The van der Waals surface area contributed by atoms with Crippen molar-refractivity contribution < 1.29 is 4.79 Å². The molecular weight excluding hydrogens is 164 g/mol. The predicted octanol–water partition coefficient (Wildman–Crippen LogP) is 1.23. The summed E-state index contributed by atoms with van der Waals surface area (Å²) in [6, 6.07) is 1.86. The van der Waals surface area contributed by atoms with Crippen LogP contribution in [0.15, 0.2) is 12.3 Å². The molecule has 0 fully saturated rings. The van der Waals surface area contributed by atoms with Crippen LogP contribution in [0.1, 0.15) is 28.0 Å². The molecule has 1 rings (SSSR count). The molecule has 0 unspecified atom stereocenters. The number of hydrogen-bond acceptors (Lipinski definition) is 3. The van der Waals surface area contributed by atoms with Gasteiger partial charge in [-0.1, -0.05) is 0 Å². The molecule has 0 amide bonds. The summed E-state index contributed by atoms with van der Waals surface area (Å²) in [5.74, 6) is 0.0677. The third-order valence-corrected chi connectivity index (χ3v) is 2.03. The van der Waals surface area contributed by atoms with E-state index in [1.54, 1.807) is 6.20 Å². The Morgan fingerprint density at radius 1 is 1.54 bits per heavy atom. The maximum Gasteiger partial charge on any atom is 0.165 e. The summed E-state index contributed by atoms with van der Waals surface area (Å²) < 4.78 is 0. The van der Waals surface area contributed by atoms with Gasteiger partial charge in [0, 0.05) is 23.9 Å². The Labute approximate surface area is 78.0 Å². The molecule has 1 aromatic rings. The number of hydrogen-bond donors (Lipinski definition) is 1. The van der Waals surface area contributed by atoms with Crippen molar-refractivity contribution in [3.63, 3.8) is 0 Å². The molecule has 70 valence electrons. The Morgan fingerprint density at radius 2 is 2.23 bits per heavy atom. The Bertz CT molecular complexity index is 321. The van der Waals surface area contributed by atoms with Gasteiger partial charge >= 0.3 is 0 Å². The van der Waals surface area contributed by atoms with Crippen molar-refractivity contribution in [3.05, 3.63) is 29.1 Å². The second-order valence-electron chi connectivity index (χ2n) is 3.09. The lowest BCUT2D eigenvalue weighted by molar-refractivity contribution is 0.0985. The lowest BCUT2D eigenvalue weighted by Gasteiger charge is -2.02. The highest BCUT2D eigenvalue weighted by Crippen LogP contribution is 2.08. The minimum Gasteiger partial charge on any atom is -0.330 e. The van der Waals surface area contributed by atoms with Gasteiger partial charge in [0.25, 0.3) is 0 Å². The number of nitrogens with zero attached hydrogens (tertiary/aromatic N) is 1. The second-order valence-corrected chi connectivity index (χ2v) is 3.09. The van der Waals surface area contributed by atoms with Crippen molar-refractivity contribution in [1.82, 2.24) is 4.98 Å². The van der Waals surface area contributed by atoms with E-state index in [0.29, 0.717) is 18.5 Å². The normalized spacial score (nSPS) is 10.1. The van der Waals surface area contributed by atoms with Crippen LogP contribution in [0.4, 0.5) is 0 Å². The van der Waals surface area contributed by atoms with Gasteiger partial charge in [0.15, 0.2) is 5.78 Å². The largest absolute Gasteiger partial charge is 0.330 e. The number of rotatable bonds is 3. The summed E-state index contributed by atoms with van der Waals surface area (Å²) in [7, 11) is 0. The molecule has 13 heavy (non-hydrogen) atoms. The summed E-state index contributed by atoms with van der Waals surface area (Å²) in [4.78, 5) is 15.5. The fraction of sp³-hybridized carbons (Fsp3) is 0.400. The van der Waals surface area contributed by atoms with E-state index in [-0.39, 0.29) is 5.78 Å². The molecule has 0 saturated heterocycles. The molecule has 0 spiro atoms. The highest BCUT2D eigenvalue weighted by molar-refractivity contribution is 5.96. The smallest absolute Gasteiger partial charge is 0.165 e. The van der Waals surface area contributed by atoms with Crippen LogP contribution in [0.5, 0.6) is 0 Å². The van der Waals surface area contributed by atoms with Crippen molar-refractivity contribution in [2.24, 2.45) is 5.73 Å². The summed E-state index contributed by atoms with van der Waals surface area (Å²) >= 11 is 0. The Morgan fingerprint density at radius 3 is 2.77 bits per heavy atom. The first kappa shape index (κ1) is 9.86. The number of ketones is 1. The van der Waals surface area contributed by atoms with Crippen LogP contribution in [0, 0.1) is 13.8 Å². The van der Waals surface area contributed by atoms with Crippen LogP contribution in [0.25, 0.3) is 0 Å². The van der Waals surface area contributed by atoms with E-state index in [2.05, 4.69) is 4.98 Å². The number of aromatic nitrogens is 1. The molecule has 0 saturated carbocycles. The van der Waals surface area contributed by atoms with Crippen molar-refractivity contribution >= 4 is 5.78 Å². The topological polar surface area (TPSA) is 56.0 Å². The lowest BCUT2D eigenvalue weighted by atomic mass is 10.1. The standard InChI is InChI=1S/C10H14N2O/c1-7-5-9(6-12-8(7)2)10(13)3-4-11/h5-6H,3-4,11H2,1-2H3. The molecular formula is C10H14N2O. The summed E-state index contributed by atoms with van der Waals surface area (Å²) in [6.07, 6.45) is 2.00. The first-order valence-electron chi connectivity index (χ1n) is 4.31. The average Bonchev–Trinajstić information content (AvgIpc) is 2.10. The molecule has 0 atom stereocenters. The second kappa shape index (κ2) is 4.14. The maximum absolute atomic E-state index is 11.4. The van der Waals surface area contributed by atoms with E-state index < -0.39 is 0 Å². The third-order valence-electron chi connectivity index (χ3n) is 2.03. The summed E-state index contributed by atoms with van der Waals surface area (Å²) in [6.45, 7) is 4.26. The predicted molar refractivity (Wildman–Crippen MR) is 51.7 cm³/mol. The lowest BCUT2D eigenvalue weighted by Crippen LogP contribution is -2.08. The van der Waals surface area contributed by atoms with Crippen LogP contribution >= 0.6 is 0 Å². The first-order chi connectivity index (χ1) is 6.15. The molecule has 0 aliphatic heterocycles. The zero-order valence-electron chi connectivity index (χ0n) is 8.00. The molecule has 0 bridgehead atoms. The maximum atomic E-state index is 11.4. The SMILES string of the molecule is Cc1cc(C(=O)CCN)cnc1C. The van der Waals surface area contributed by atoms with Gasteiger partial charge in [-0.15, -0.1) is 0 Å². The molecule has 1 heterocycles. The fourth-order valence-corrected chi connectivity index (χ4v) is 1.07. The van der Waals surface area contributed by atoms with Crippen molar-refractivity contribution in [1.29, 1.82) is 0 Å². The summed E-state index contributed by atoms with van der Waals surface area (Å²) in [5, 5.41) is 0. The van der Waals surface area contributed by atoms with Gasteiger partial charge in [0.1, 0.15) is 0 Å². The number of carbonyl (C=O) groups excluding carboxylic acids is 1. The zero-order valence-corrected chi connectivity index (χ0v) is 8.00. The molecule has 2 N–H and O–H groups in total. The Balaban J connectivity index is 2.90. The highest BCUT2D eigenvalue weighted by Gasteiger charge is 2.05. The van der Waals surface area contributed by atoms with Crippen LogP contribution in [0.3, 0.4) is 0 Å². The highest BCUT2D eigenvalue weighted by atomic mass is 16.1. The summed E-state index contributed by atoms with van der Waals surface area (Å²) in [5.41, 5.74) is 7.96. The fourth-order valence-electron chi connectivity index (χ4n) is 1.07. The molecule has 0 aliphatic carbocycles. The van der Waals surface area contributed by atoms with Crippen LogP contribution in [-0.2, 0) is 0 Å². The van der Waals surface area contributed by atoms with Gasteiger partial charge in [-0.3, -0.25) is 9.78 Å². The molecule has 1 aromatic heterocycles. The number of pyridine rings is 1. The van der Waals surface area contributed by atoms with E-state index in [9.17, 15) is 4.79 Å². The van der Waals surface area contributed by atoms with Crippen molar-refractivity contribution in [2.45, 2.75) is 20.3 Å². The number of aryl methyl sites for hydroxylation is 2. The van der Waals surface area contributed by atoms with Crippen LogP contribution in [-0.4, -0.2) is 17.3 Å². The van der Waals surface area contributed by atoms with Gasteiger partial charge < -0.3 is 5.73 Å². The Hall–Kier alpha value is -1.22. The van der Waals surface area contributed by atoms with E-state index in [4.69, 9.17) is 5.73 Å². The van der Waals surface area contributed by atoms with Gasteiger partial charge in [0.2, 0.25) is 0 Å². The minimum absolute atomic E-state index is 0.0677. The molecule has 0 aromatic carbocycles. The first-order valence-corrected chi connectivity index (χ1v) is 4.31. The molecule has 3 nitrogen and oxygen atoms in total. The van der Waals surface area contributed by atoms with Gasteiger partial charge in [0.05, 0.1) is 0 Å². The molecule has 0 aliphatic rings. The van der Waals surface area contributed by atoms with Crippen molar-refractivity contribution in [3.8, 4) is 0 Å². The number of carbonyl (C=O) groups is 1. The minimum atomic E-state index is 0.0677. The van der Waals surface area contributed by atoms with E-state index in [0.717, 1.165) is 11.3 Å². The van der Waals surface area contributed by atoms with Gasteiger partial charge in [-0.2, -0.15) is 0 Å². The third kappa shape index (κ3) is 2.36. The van der Waals surface area contributed by atoms with Crippen LogP contribution < -0.4 is 5.73 Å². The van der Waals surface area contributed by atoms with E-state index >= 15 is 0 Å². The van der Waals surface area contributed by atoms with Gasteiger partial charge in [-0.25, -0.2) is 0 Å². The quantitative estimate of drug-likeness (QED) is 0.708.